The molecule has 0 unspecified atom stereocenters. The van der Waals surface area contributed by atoms with Crippen molar-refractivity contribution in [2.45, 2.75) is 13.8 Å². The van der Waals surface area contributed by atoms with Gasteiger partial charge in [-0.15, -0.1) is 0 Å². The second-order valence-electron chi connectivity index (χ2n) is 0.983. The maximum Gasteiger partial charge on any atom is 2.00 e. The van der Waals surface area contributed by atoms with Crippen molar-refractivity contribution in [3.8, 4) is 0 Å². The molecule has 8 heteroatoms. The van der Waals surface area contributed by atoms with Crippen LogP contribution in [0.2, 0.25) is 0 Å². The normalized spacial score (nSPS) is 4.17. The number of carboxylic acid groups (broad SMARTS) is 2. The van der Waals surface area contributed by atoms with Crippen molar-refractivity contribution in [2.24, 2.45) is 0 Å². The second kappa shape index (κ2) is 29.7. The summed E-state index contributed by atoms with van der Waals surface area (Å²) in [7, 11) is 0. The van der Waals surface area contributed by atoms with Gasteiger partial charge in [0.15, 0.2) is 0 Å². The van der Waals surface area contributed by atoms with Gasteiger partial charge in [0.05, 0.1) is 0 Å². The molecule has 0 atom stereocenters. The largest absolute Gasteiger partial charge is 2.00 e. The minimum absolute atomic E-state index is 0. The van der Waals surface area contributed by atoms with Crippen LogP contribution in [0.3, 0.4) is 0 Å². The average molecular weight is 402 g/mol. The minimum Gasteiger partial charge on any atom is -1.00 e. The van der Waals surface area contributed by atoms with Gasteiger partial charge in [-0.1, -0.05) is 0 Å². The van der Waals surface area contributed by atoms with Gasteiger partial charge >= 0.3 is 40.8 Å². The van der Waals surface area contributed by atoms with Crippen molar-refractivity contribution in [3.63, 3.8) is 0 Å². The van der Waals surface area contributed by atoms with E-state index in [-0.39, 0.29) is 65.7 Å². The fraction of sp³-hybridized carbons (Fsp3) is 0.500. The van der Waals surface area contributed by atoms with E-state index in [9.17, 15) is 0 Å². The number of hydrogen-bond acceptors (Lipinski definition) is 4. The van der Waals surface area contributed by atoms with Gasteiger partial charge in [-0.2, -0.15) is 0 Å². The predicted octanol–water partition coefficient (Wildman–Crippen LogP) is -8.48. The summed E-state index contributed by atoms with van der Waals surface area (Å²) in [5.41, 5.74) is 0. The third-order valence-corrected chi connectivity index (χ3v) is 0. The fourth-order valence-electron chi connectivity index (χ4n) is 0. The first-order valence-electron chi connectivity index (χ1n) is 1.82. The zero-order valence-corrected chi connectivity index (χ0v) is 10.6. The molecule has 0 aromatic rings. The third kappa shape index (κ3) is 1470. The molecule has 0 saturated carbocycles. The monoisotopic (exact) mass is 400 g/mol. The number of halogens is 2. The van der Waals surface area contributed by atoms with E-state index in [4.69, 9.17) is 19.8 Å². The summed E-state index contributed by atoms with van der Waals surface area (Å²) >= 11 is 0. The predicted molar refractivity (Wildman–Crippen MR) is 21.4 cm³/mol. The van der Waals surface area contributed by atoms with Gasteiger partial charge in [-0.25, -0.2) is 0 Å². The minimum atomic E-state index is -1.08. The van der Waals surface area contributed by atoms with Crippen LogP contribution in [0.5, 0.6) is 0 Å². The van der Waals surface area contributed by atoms with E-state index in [2.05, 4.69) is 0 Å². The first kappa shape index (κ1) is 38.5. The van der Waals surface area contributed by atoms with Crippen LogP contribution in [-0.2, 0) is 50.4 Å². The first-order chi connectivity index (χ1) is 3.46. The summed E-state index contributed by atoms with van der Waals surface area (Å²) in [4.78, 5) is 17.8. The van der Waals surface area contributed by atoms with Crippen LogP contribution in [-0.4, -0.2) is 11.9 Å². The molecule has 80 valence electrons. The molecule has 0 rings (SSSR count). The van der Waals surface area contributed by atoms with Crippen molar-refractivity contribution in [1.29, 1.82) is 0 Å². The summed E-state index contributed by atoms with van der Waals surface area (Å²) in [6.45, 7) is 1.94. The SMILES string of the molecule is CC(=O)[O-].CC(=O)[O-].[Cl-].[Cl-].[Pd+2].[Pd+2]. The Labute approximate surface area is 111 Å². The Bertz CT molecular complexity index is 81.1. The topological polar surface area (TPSA) is 80.3 Å². The quantitative estimate of drug-likeness (QED) is 0.378. The van der Waals surface area contributed by atoms with Gasteiger partial charge in [0.1, 0.15) is 0 Å². The Hall–Kier alpha value is 0.845. The number of carbonyl (C=O) groups is 2. The van der Waals surface area contributed by atoms with Gasteiger partial charge in [0.2, 0.25) is 0 Å². The molecule has 0 amide bonds. The van der Waals surface area contributed by atoms with Crippen molar-refractivity contribution >= 4 is 11.9 Å². The van der Waals surface area contributed by atoms with Crippen molar-refractivity contribution < 1.29 is 85.5 Å². The van der Waals surface area contributed by atoms with Gasteiger partial charge in [-0.05, 0) is 13.8 Å². The molecular weight excluding hydrogens is 396 g/mol. The molecular formula is C4H6Cl2O4Pd2. The van der Waals surface area contributed by atoms with Crippen molar-refractivity contribution in [1.82, 2.24) is 0 Å². The number of carboxylic acids is 2. The average Bonchev–Trinajstić information content (AvgIpc) is 1.25. The molecule has 0 bridgehead atoms. The summed E-state index contributed by atoms with van der Waals surface area (Å²) in [6, 6.07) is 0. The Morgan fingerprint density at radius 3 is 0.833 bits per heavy atom. The van der Waals surface area contributed by atoms with Crippen LogP contribution < -0.4 is 35.0 Å². The summed E-state index contributed by atoms with van der Waals surface area (Å²) in [6.07, 6.45) is 0. The zero-order valence-electron chi connectivity index (χ0n) is 6.02. The van der Waals surface area contributed by atoms with E-state index in [1.54, 1.807) is 0 Å². The van der Waals surface area contributed by atoms with E-state index in [1.807, 2.05) is 0 Å². The first-order valence-corrected chi connectivity index (χ1v) is 1.82. The van der Waals surface area contributed by atoms with E-state index < -0.39 is 11.9 Å². The fourth-order valence-corrected chi connectivity index (χ4v) is 0. The molecule has 0 heterocycles. The maximum atomic E-state index is 8.89. The van der Waals surface area contributed by atoms with E-state index >= 15 is 0 Å². The van der Waals surface area contributed by atoms with Gasteiger partial charge in [-0.3, -0.25) is 0 Å². The number of aliphatic carboxylic acids is 2. The molecule has 0 aromatic carbocycles. The molecule has 0 radical (unpaired) electrons. The second-order valence-corrected chi connectivity index (χ2v) is 0.983. The molecule has 4 nitrogen and oxygen atoms in total. The molecule has 0 spiro atoms. The molecule has 0 aliphatic carbocycles. The Morgan fingerprint density at radius 2 is 0.833 bits per heavy atom. The van der Waals surface area contributed by atoms with Crippen LogP contribution in [0.1, 0.15) is 13.8 Å². The Balaban J connectivity index is -0.0000000112. The summed E-state index contributed by atoms with van der Waals surface area (Å²) in [5, 5.41) is 17.8. The van der Waals surface area contributed by atoms with E-state index in [0.29, 0.717) is 0 Å². The van der Waals surface area contributed by atoms with E-state index in [1.165, 1.54) is 0 Å². The smallest absolute Gasteiger partial charge is 1.00 e. The molecule has 0 aliphatic rings. The third-order valence-electron chi connectivity index (χ3n) is 0. The van der Waals surface area contributed by atoms with Gasteiger partial charge in [0.25, 0.3) is 0 Å². The Kier molecular flexibility index (Phi) is 95.3. The number of carbonyl (C=O) groups excluding carboxylic acids is 2. The van der Waals surface area contributed by atoms with Gasteiger partial charge in [0, 0.05) is 11.9 Å². The van der Waals surface area contributed by atoms with Crippen molar-refractivity contribution in [2.75, 3.05) is 0 Å². The van der Waals surface area contributed by atoms with Crippen LogP contribution >= 0.6 is 0 Å². The molecule has 0 aromatic heterocycles. The van der Waals surface area contributed by atoms with Crippen LogP contribution in [0.25, 0.3) is 0 Å². The maximum absolute atomic E-state index is 8.89. The molecule has 0 saturated heterocycles. The van der Waals surface area contributed by atoms with Crippen LogP contribution in [0, 0.1) is 0 Å². The van der Waals surface area contributed by atoms with E-state index in [0.717, 1.165) is 13.8 Å². The molecule has 0 N–H and O–H groups in total. The Morgan fingerprint density at radius 1 is 0.833 bits per heavy atom. The summed E-state index contributed by atoms with van der Waals surface area (Å²) in [5.74, 6) is -2.17. The van der Waals surface area contributed by atoms with Crippen molar-refractivity contribution in [3.05, 3.63) is 0 Å². The van der Waals surface area contributed by atoms with Gasteiger partial charge < -0.3 is 44.6 Å². The molecule has 12 heavy (non-hydrogen) atoms. The molecule has 0 fully saturated rings. The van der Waals surface area contributed by atoms with Crippen LogP contribution in [0.15, 0.2) is 0 Å². The number of hydrogen-bond donors (Lipinski definition) is 0. The zero-order chi connectivity index (χ0) is 7.15. The summed E-state index contributed by atoms with van der Waals surface area (Å²) < 4.78 is 0. The molecule has 0 aliphatic heterocycles. The number of rotatable bonds is 0. The van der Waals surface area contributed by atoms with Crippen LogP contribution in [0.4, 0.5) is 0 Å². The standard InChI is InChI=1S/2C2H4O2.2ClH.2Pd/c2*1-2(3)4;;;;/h2*1H3,(H,3,4);2*1H;;/q;;;;2*+2/p-4.